The first-order valence-electron chi connectivity index (χ1n) is 37.5. The summed E-state index contributed by atoms with van der Waals surface area (Å²) in [4.78, 5) is 159. The molecule has 107 heavy (non-hydrogen) atoms. The van der Waals surface area contributed by atoms with Gasteiger partial charge in [0.25, 0.3) is 11.8 Å². The third-order valence-corrected chi connectivity index (χ3v) is 21.2. The van der Waals surface area contributed by atoms with Gasteiger partial charge in [-0.1, -0.05) is 130 Å². The highest BCUT2D eigenvalue weighted by Crippen LogP contribution is 2.32. The van der Waals surface area contributed by atoms with Crippen molar-refractivity contribution in [1.82, 2.24) is 51.2 Å². The maximum atomic E-state index is 15.0. The first-order chi connectivity index (χ1) is 51.0. The molecule has 0 unspecified atom stereocenters. The summed E-state index contributed by atoms with van der Waals surface area (Å²) in [7, 11) is 6.70. The molecule has 12 amide bonds. The number of nitrogens with one attached hydrogen (secondary N) is 6. The van der Waals surface area contributed by atoms with Crippen molar-refractivity contribution in [2.75, 3.05) is 71.3 Å². The lowest BCUT2D eigenvalue weighted by atomic mass is 9.89. The van der Waals surface area contributed by atoms with Crippen molar-refractivity contribution in [1.29, 1.82) is 0 Å². The number of methoxy groups -OCH3 is 2. The highest BCUT2D eigenvalue weighted by atomic mass is 32.1. The number of unbranched alkanes of at least 4 members (excludes halogenated alkanes) is 2. The molecule has 1 saturated heterocycles. The van der Waals surface area contributed by atoms with Crippen LogP contribution in [0.25, 0.3) is 0 Å². The van der Waals surface area contributed by atoms with Gasteiger partial charge in [-0.05, 0) is 129 Å². The van der Waals surface area contributed by atoms with E-state index in [2.05, 4.69) is 36.9 Å². The maximum Gasteiger partial charge on any atom is 0.411 e. The third kappa shape index (κ3) is 25.8. The molecule has 0 saturated carbocycles. The van der Waals surface area contributed by atoms with Crippen molar-refractivity contribution in [2.24, 2.45) is 35.3 Å². The number of urea groups is 1. The topological polar surface area (TPSA) is 354 Å². The summed E-state index contributed by atoms with van der Waals surface area (Å²) < 4.78 is 12.3. The van der Waals surface area contributed by atoms with Gasteiger partial charge in [0.2, 0.25) is 41.4 Å². The Labute approximate surface area is 634 Å². The Kier molecular flexibility index (Phi) is 34.9. The molecule has 0 bridgehead atoms. The van der Waals surface area contributed by atoms with E-state index in [0.717, 1.165) is 33.0 Å². The van der Waals surface area contributed by atoms with Gasteiger partial charge >= 0.3 is 12.1 Å². The Balaban J connectivity index is 1.01. The van der Waals surface area contributed by atoms with E-state index in [-0.39, 0.29) is 122 Å². The lowest BCUT2D eigenvalue weighted by Crippen LogP contribution is -2.60. The monoisotopic (exact) mass is 1500 g/mol. The van der Waals surface area contributed by atoms with Gasteiger partial charge < -0.3 is 62.0 Å². The molecule has 0 aliphatic carbocycles. The van der Waals surface area contributed by atoms with E-state index >= 15 is 0 Å². The molecule has 3 heterocycles. The van der Waals surface area contributed by atoms with Crippen LogP contribution in [0.5, 0.6) is 0 Å². The fourth-order valence-electron chi connectivity index (χ4n) is 14.1. The van der Waals surface area contributed by atoms with Crippen LogP contribution in [-0.2, 0) is 71.9 Å². The van der Waals surface area contributed by atoms with Crippen molar-refractivity contribution < 1.29 is 67.3 Å². The number of nitrogens with two attached hydrogens (primary N) is 1. The number of anilines is 2. The van der Waals surface area contributed by atoms with Crippen molar-refractivity contribution in [3.8, 4) is 0 Å². The fraction of sp³-hybridized carbons (Fsp3) is 0.570. The lowest BCUT2D eigenvalue weighted by molar-refractivity contribution is -0.148. The van der Waals surface area contributed by atoms with Crippen molar-refractivity contribution in [3.05, 3.63) is 124 Å². The first kappa shape index (κ1) is 86.8. The number of carboxylic acid groups (broad SMARTS) is 1. The average Bonchev–Trinajstić information content (AvgIpc) is 1.77. The van der Waals surface area contributed by atoms with E-state index in [1.165, 1.54) is 28.4 Å². The molecule has 27 nitrogen and oxygen atoms in total. The fourth-order valence-corrected chi connectivity index (χ4v) is 14.8. The second-order valence-electron chi connectivity index (χ2n) is 29.2. The molecule has 3 aromatic carbocycles. The summed E-state index contributed by atoms with van der Waals surface area (Å²) in [5, 5.41) is 30.3. The third-order valence-electron chi connectivity index (χ3n) is 20.3. The Hall–Kier alpha value is -9.12. The van der Waals surface area contributed by atoms with Gasteiger partial charge in [-0.15, -0.1) is 11.3 Å². The SMILES string of the molecule is CC[C@H](C)[C@@H]([C@@H](CC(=O)N1CCC[C@H]1[C@H](OC)[C@@H](C)C(=O)N[C@@H](Cc1ccccc1)c1nccs1)OC)N(C)C(=O)[C@@H](NC(=O)[C@H](C(C)C)N(C)CCc1ccc(N(CCc2ccc(NC(=O)[C@H](CCCNC(N)=O)NC(=O)[C@@H](NC(=O)CCCCCN3C(=O)C=CC3=O)C(C)C)cc2)C(=O)O)cc1)C(C)C. The van der Waals surface area contributed by atoms with Crippen LogP contribution in [-0.4, -0.2) is 204 Å². The van der Waals surface area contributed by atoms with Crippen LogP contribution in [0.4, 0.5) is 21.0 Å². The maximum absolute atomic E-state index is 15.0. The van der Waals surface area contributed by atoms with E-state index in [0.29, 0.717) is 75.8 Å². The van der Waals surface area contributed by atoms with Crippen molar-refractivity contribution in [2.45, 2.75) is 200 Å². The number of rotatable bonds is 44. The zero-order valence-corrected chi connectivity index (χ0v) is 65.4. The predicted molar refractivity (Wildman–Crippen MR) is 411 cm³/mol. The summed E-state index contributed by atoms with van der Waals surface area (Å²) in [5.74, 6) is -4.84. The summed E-state index contributed by atoms with van der Waals surface area (Å²) in [6.07, 6.45) is 7.07. The van der Waals surface area contributed by atoms with Crippen LogP contribution in [0, 0.1) is 29.6 Å². The molecule has 0 radical (unpaired) electrons. The number of benzene rings is 3. The molecule has 9 N–H and O–H groups in total. The highest BCUT2D eigenvalue weighted by Gasteiger charge is 2.44. The second kappa shape index (κ2) is 43.0. The largest absolute Gasteiger partial charge is 0.465 e. The van der Waals surface area contributed by atoms with Gasteiger partial charge in [-0.3, -0.25) is 57.9 Å². The summed E-state index contributed by atoms with van der Waals surface area (Å²) in [6, 6.07) is 18.3. The number of hydrogen-bond donors (Lipinski definition) is 8. The van der Waals surface area contributed by atoms with Gasteiger partial charge in [0, 0.05) is 95.5 Å². The van der Waals surface area contributed by atoms with E-state index < -0.39 is 72.3 Å². The van der Waals surface area contributed by atoms with Crippen LogP contribution in [0.2, 0.25) is 0 Å². The number of imide groups is 1. The normalized spacial score (nSPS) is 16.5. The zero-order valence-electron chi connectivity index (χ0n) is 64.5. The molecular weight excluding hydrogens is 1390 g/mol. The summed E-state index contributed by atoms with van der Waals surface area (Å²) >= 11 is 1.48. The van der Waals surface area contributed by atoms with Gasteiger partial charge in [0.05, 0.1) is 48.7 Å². The molecule has 0 spiro atoms. The number of likely N-dealkylation sites (N-methyl/N-ethyl adjacent to an activating group) is 2. The van der Waals surface area contributed by atoms with Crippen LogP contribution in [0.3, 0.4) is 0 Å². The number of ether oxygens (including phenoxy) is 2. The molecule has 586 valence electrons. The van der Waals surface area contributed by atoms with E-state index in [1.807, 2.05) is 113 Å². The first-order valence-corrected chi connectivity index (χ1v) is 38.4. The summed E-state index contributed by atoms with van der Waals surface area (Å²) in [6.45, 7) is 18.5. The molecule has 6 rings (SSSR count). The number of likely N-dealkylation sites (tertiary alicyclic amines) is 1. The molecule has 2 aliphatic rings. The van der Waals surface area contributed by atoms with E-state index in [9.17, 15) is 57.8 Å². The number of thiazole rings is 1. The number of amides is 12. The number of aromatic nitrogens is 1. The molecule has 28 heteroatoms. The Morgan fingerprint density at radius 3 is 1.93 bits per heavy atom. The second-order valence-corrected chi connectivity index (χ2v) is 30.1. The Morgan fingerprint density at radius 1 is 0.710 bits per heavy atom. The number of carbonyl (C=O) groups excluding carboxylic acids is 10. The number of primary amides is 1. The lowest BCUT2D eigenvalue weighted by Gasteiger charge is -2.41. The quantitative estimate of drug-likeness (QED) is 0.0153. The Morgan fingerprint density at radius 2 is 1.36 bits per heavy atom. The van der Waals surface area contributed by atoms with E-state index in [1.54, 1.807) is 82.6 Å². The minimum atomic E-state index is -1.16. The van der Waals surface area contributed by atoms with Gasteiger partial charge in [-0.25, -0.2) is 14.6 Å². The van der Waals surface area contributed by atoms with E-state index in [4.69, 9.17) is 15.2 Å². The minimum absolute atomic E-state index is 0.0348. The van der Waals surface area contributed by atoms with Crippen LogP contribution in [0.15, 0.2) is 103 Å². The molecular formula is C79H115N13O14S. The highest BCUT2D eigenvalue weighted by molar-refractivity contribution is 7.09. The van der Waals surface area contributed by atoms with Crippen LogP contribution in [0.1, 0.15) is 154 Å². The number of hydrogen-bond acceptors (Lipinski definition) is 16. The molecule has 2 aliphatic heterocycles. The standard InChI is InChI=1S/C79H115N13O14S/c1-14-52(8)70(62(105-12)48-66(96)91-43-22-26-61(91)71(106-13)53(9)72(97)85-60(76-81-41-46-107-76)47-56-23-17-15-18-24-56)89(11)77(101)68(50(4)5)87-75(100)69(51(6)7)88(10)44-38-55-30-34-58(35-31-55)90(79(103)104)45-39-54-28-32-57(33-29-54)83-73(98)59(25-21-40-82-78(80)102)84-74(99)67(49(2)3)86-63(93)27-19-16-20-42-92-64(94)36-37-65(92)95/h15,17-18,23-24,28-37,41,46,49-53,59-62,67-71H,14,16,19-22,25-27,38-40,42-45,47-48H2,1-13H3,(H,83,98)(H,84,99)(H,85,97)(H,86,93)(H,87,100)(H,103,104)(H3,80,82,102)/t52-,53+,59-,60-,61-,62+,67-,68-,69-,70-,71+/m0/s1. The molecule has 4 aromatic rings. The van der Waals surface area contributed by atoms with Crippen molar-refractivity contribution in [3.63, 3.8) is 0 Å². The zero-order chi connectivity index (χ0) is 78.6. The Bertz CT molecular complexity index is 3580. The summed E-state index contributed by atoms with van der Waals surface area (Å²) in [5.41, 5.74) is 8.84. The minimum Gasteiger partial charge on any atom is -0.465 e. The average molecular weight is 1500 g/mol. The predicted octanol–water partition coefficient (Wildman–Crippen LogP) is 8.03. The van der Waals surface area contributed by atoms with Gasteiger partial charge in [0.1, 0.15) is 23.1 Å². The molecule has 1 aromatic heterocycles. The van der Waals surface area contributed by atoms with Crippen LogP contribution < -0.4 is 42.5 Å². The number of carbonyl (C=O) groups is 11. The van der Waals surface area contributed by atoms with Crippen LogP contribution >= 0.6 is 11.3 Å². The molecule has 11 atom stereocenters. The van der Waals surface area contributed by atoms with Gasteiger partial charge in [-0.2, -0.15) is 0 Å². The number of nitrogens with zero attached hydrogens (tertiary/aromatic N) is 6. The molecule has 1 fully saturated rings. The smallest absolute Gasteiger partial charge is 0.411 e. The van der Waals surface area contributed by atoms with Crippen molar-refractivity contribution >= 4 is 88.0 Å². The van der Waals surface area contributed by atoms with Gasteiger partial charge in [0.15, 0.2) is 0 Å².